The highest BCUT2D eigenvalue weighted by atomic mass is 32.2. The molecule has 0 radical (unpaired) electrons. The summed E-state index contributed by atoms with van der Waals surface area (Å²) in [7, 11) is 2.01. The summed E-state index contributed by atoms with van der Waals surface area (Å²) in [6.45, 7) is 9.88. The number of nitrogens with zero attached hydrogens (tertiary/aromatic N) is 1. The molecule has 30 heavy (non-hydrogen) atoms. The molecule has 3 aliphatic heterocycles. The van der Waals surface area contributed by atoms with E-state index in [0.717, 1.165) is 38.6 Å². The van der Waals surface area contributed by atoms with E-state index in [-0.39, 0.29) is 23.2 Å². The van der Waals surface area contributed by atoms with Crippen LogP contribution in [0.15, 0.2) is 0 Å². The van der Waals surface area contributed by atoms with Crippen LogP contribution in [0.5, 0.6) is 0 Å². The lowest BCUT2D eigenvalue weighted by atomic mass is 9.64. The molecule has 0 bridgehead atoms. The molecule has 3 heterocycles. The molecule has 4 aliphatic rings. The SMILES string of the molecule is CC1CC2C(CN1)CC(C1CC(C(=O)NC3NC(C)C(C)S3)CCC1C)C(=O)N2C. The van der Waals surface area contributed by atoms with E-state index < -0.39 is 0 Å². The number of rotatable bonds is 3. The van der Waals surface area contributed by atoms with Gasteiger partial charge in [0.1, 0.15) is 5.50 Å². The number of nitrogens with one attached hydrogen (secondary N) is 3. The minimum Gasteiger partial charge on any atom is -0.342 e. The zero-order chi connectivity index (χ0) is 21.6. The molecule has 0 aromatic heterocycles. The molecule has 10 atom stereocenters. The van der Waals surface area contributed by atoms with E-state index in [4.69, 9.17) is 0 Å². The number of fused-ring (bicyclic) bond motifs is 1. The van der Waals surface area contributed by atoms with Gasteiger partial charge in [-0.2, -0.15) is 0 Å². The number of amides is 2. The van der Waals surface area contributed by atoms with E-state index in [9.17, 15) is 9.59 Å². The average Bonchev–Trinajstić information content (AvgIpc) is 3.02. The van der Waals surface area contributed by atoms with Crippen LogP contribution in [0.25, 0.3) is 0 Å². The maximum absolute atomic E-state index is 13.4. The second-order valence-electron chi connectivity index (χ2n) is 10.5. The first-order valence-electron chi connectivity index (χ1n) is 12.0. The largest absolute Gasteiger partial charge is 0.342 e. The molecule has 2 amide bonds. The summed E-state index contributed by atoms with van der Waals surface area (Å²) in [4.78, 5) is 28.4. The van der Waals surface area contributed by atoms with Crippen LogP contribution in [0.1, 0.15) is 59.8 Å². The number of likely N-dealkylation sites (tertiary alicyclic amines) is 1. The molecule has 0 spiro atoms. The highest BCUT2D eigenvalue weighted by Crippen LogP contribution is 2.44. The van der Waals surface area contributed by atoms with Crippen LogP contribution in [-0.4, -0.2) is 59.2 Å². The van der Waals surface area contributed by atoms with Crippen molar-refractivity contribution in [3.8, 4) is 0 Å². The Hall–Kier alpha value is -0.790. The minimum atomic E-state index is 0.0128. The van der Waals surface area contributed by atoms with Crippen LogP contribution >= 0.6 is 11.8 Å². The number of thioether (sulfide) groups is 1. The van der Waals surface area contributed by atoms with Crippen LogP contribution in [0.2, 0.25) is 0 Å². The third-order valence-electron chi connectivity index (χ3n) is 8.47. The molecule has 0 aromatic rings. The molecule has 6 nitrogen and oxygen atoms in total. The second-order valence-corrected chi connectivity index (χ2v) is 12.0. The van der Waals surface area contributed by atoms with Gasteiger partial charge in [0.05, 0.1) is 0 Å². The average molecular weight is 437 g/mol. The first-order valence-corrected chi connectivity index (χ1v) is 12.9. The summed E-state index contributed by atoms with van der Waals surface area (Å²) in [6.07, 6.45) is 4.85. The van der Waals surface area contributed by atoms with E-state index in [1.54, 1.807) is 11.8 Å². The molecule has 10 unspecified atom stereocenters. The summed E-state index contributed by atoms with van der Waals surface area (Å²) in [5.74, 6) is 1.93. The molecular weight excluding hydrogens is 396 g/mol. The maximum Gasteiger partial charge on any atom is 0.225 e. The van der Waals surface area contributed by atoms with Crippen molar-refractivity contribution in [1.82, 2.24) is 20.9 Å². The van der Waals surface area contributed by atoms with Gasteiger partial charge in [-0.3, -0.25) is 14.9 Å². The molecule has 4 rings (SSSR count). The normalized spacial score (nSPS) is 47.1. The van der Waals surface area contributed by atoms with Gasteiger partial charge in [0.15, 0.2) is 0 Å². The fourth-order valence-electron chi connectivity index (χ4n) is 6.28. The van der Waals surface area contributed by atoms with Gasteiger partial charge in [0, 0.05) is 48.8 Å². The Morgan fingerprint density at radius 2 is 1.90 bits per heavy atom. The molecule has 170 valence electrons. The summed E-state index contributed by atoms with van der Waals surface area (Å²) in [5, 5.41) is 10.8. The zero-order valence-electron chi connectivity index (χ0n) is 19.2. The molecule has 3 saturated heterocycles. The Balaban J connectivity index is 1.41. The van der Waals surface area contributed by atoms with Gasteiger partial charge in [0.2, 0.25) is 11.8 Å². The van der Waals surface area contributed by atoms with E-state index in [0.29, 0.717) is 47.0 Å². The Morgan fingerprint density at radius 1 is 1.13 bits per heavy atom. The standard InChI is InChI=1S/C23H40N4O2S/c1-12-6-7-16(21(28)26-23-25-14(3)15(4)30-23)9-18(12)19-10-17-11-24-13(2)8-20(17)27(5)22(19)29/h12-20,23-25H,6-11H2,1-5H3,(H,26,28). The van der Waals surface area contributed by atoms with Crippen molar-refractivity contribution in [3.63, 3.8) is 0 Å². The lowest BCUT2D eigenvalue weighted by molar-refractivity contribution is -0.149. The first kappa shape index (κ1) is 22.4. The van der Waals surface area contributed by atoms with Crippen LogP contribution in [-0.2, 0) is 9.59 Å². The van der Waals surface area contributed by atoms with Crippen molar-refractivity contribution < 1.29 is 9.59 Å². The zero-order valence-corrected chi connectivity index (χ0v) is 20.0. The quantitative estimate of drug-likeness (QED) is 0.634. The van der Waals surface area contributed by atoms with Crippen molar-refractivity contribution in [3.05, 3.63) is 0 Å². The van der Waals surface area contributed by atoms with Crippen LogP contribution in [0.4, 0.5) is 0 Å². The molecule has 1 aliphatic carbocycles. The number of hydrogen-bond acceptors (Lipinski definition) is 5. The smallest absolute Gasteiger partial charge is 0.225 e. The van der Waals surface area contributed by atoms with Gasteiger partial charge >= 0.3 is 0 Å². The fourth-order valence-corrected chi connectivity index (χ4v) is 7.50. The fraction of sp³-hybridized carbons (Fsp3) is 0.913. The lowest BCUT2D eigenvalue weighted by Gasteiger charge is -2.50. The van der Waals surface area contributed by atoms with Gasteiger partial charge in [-0.15, -0.1) is 11.8 Å². The molecule has 7 heteroatoms. The lowest BCUT2D eigenvalue weighted by Crippen LogP contribution is -2.60. The molecule has 1 saturated carbocycles. The summed E-state index contributed by atoms with van der Waals surface area (Å²) in [5.41, 5.74) is 0.0128. The van der Waals surface area contributed by atoms with E-state index in [2.05, 4.69) is 48.5 Å². The van der Waals surface area contributed by atoms with Gasteiger partial charge in [-0.1, -0.05) is 13.8 Å². The third-order valence-corrected chi connectivity index (χ3v) is 9.84. The second kappa shape index (κ2) is 8.99. The molecule has 0 aromatic carbocycles. The molecule has 4 fully saturated rings. The summed E-state index contributed by atoms with van der Waals surface area (Å²) < 4.78 is 0. The van der Waals surface area contributed by atoms with Gasteiger partial charge in [-0.25, -0.2) is 0 Å². The van der Waals surface area contributed by atoms with Crippen molar-refractivity contribution in [2.24, 2.45) is 29.6 Å². The summed E-state index contributed by atoms with van der Waals surface area (Å²) in [6, 6.07) is 1.26. The first-order chi connectivity index (χ1) is 14.2. The van der Waals surface area contributed by atoms with Gasteiger partial charge < -0.3 is 15.5 Å². The Labute approximate surface area is 186 Å². The van der Waals surface area contributed by atoms with Gasteiger partial charge in [-0.05, 0) is 63.7 Å². The highest BCUT2D eigenvalue weighted by molar-refractivity contribution is 8.00. The van der Waals surface area contributed by atoms with Crippen LogP contribution < -0.4 is 16.0 Å². The maximum atomic E-state index is 13.4. The minimum absolute atomic E-state index is 0.0128. The van der Waals surface area contributed by atoms with E-state index in [1.165, 1.54) is 0 Å². The monoisotopic (exact) mass is 436 g/mol. The van der Waals surface area contributed by atoms with E-state index >= 15 is 0 Å². The Bertz CT molecular complexity index is 651. The van der Waals surface area contributed by atoms with Crippen LogP contribution in [0, 0.1) is 29.6 Å². The molecular formula is C23H40N4O2S. The van der Waals surface area contributed by atoms with Crippen molar-refractivity contribution in [1.29, 1.82) is 0 Å². The van der Waals surface area contributed by atoms with Gasteiger partial charge in [0.25, 0.3) is 0 Å². The Morgan fingerprint density at radius 3 is 2.60 bits per heavy atom. The molecule has 3 N–H and O–H groups in total. The number of hydrogen-bond donors (Lipinski definition) is 3. The van der Waals surface area contributed by atoms with Crippen molar-refractivity contribution in [2.45, 2.75) is 88.7 Å². The van der Waals surface area contributed by atoms with Crippen molar-refractivity contribution in [2.75, 3.05) is 13.6 Å². The van der Waals surface area contributed by atoms with E-state index in [1.807, 2.05) is 7.05 Å². The number of piperidine rings is 2. The topological polar surface area (TPSA) is 73.5 Å². The number of carbonyl (C=O) groups excluding carboxylic acids is 2. The predicted molar refractivity (Wildman–Crippen MR) is 122 cm³/mol. The number of carbonyl (C=O) groups is 2. The summed E-state index contributed by atoms with van der Waals surface area (Å²) >= 11 is 1.80. The third kappa shape index (κ3) is 4.40. The van der Waals surface area contributed by atoms with Crippen molar-refractivity contribution >= 4 is 23.6 Å². The highest BCUT2D eigenvalue weighted by Gasteiger charge is 2.47. The predicted octanol–water partition coefficient (Wildman–Crippen LogP) is 2.40. The Kier molecular flexibility index (Phi) is 6.71. The van der Waals surface area contributed by atoms with Crippen LogP contribution in [0.3, 0.4) is 0 Å².